The SMILES string of the molecule is CCC1=Cc2c(C(=O)NCc3c(C)cc(C)[nH]c3=O)cc(-c3cccc(OCCCNC)c3)cc2N(C2CCCC2)C1. The molecule has 7 heteroatoms. The highest BCUT2D eigenvalue weighted by molar-refractivity contribution is 6.02. The Kier molecular flexibility index (Phi) is 9.48. The van der Waals surface area contributed by atoms with Gasteiger partial charge in [-0.2, -0.15) is 0 Å². The van der Waals surface area contributed by atoms with Gasteiger partial charge in [-0.15, -0.1) is 0 Å². The Balaban J connectivity index is 1.54. The van der Waals surface area contributed by atoms with E-state index in [1.165, 1.54) is 31.3 Å². The number of amides is 1. The molecule has 1 aromatic heterocycles. The molecule has 7 nitrogen and oxygen atoms in total. The fraction of sp³-hybridized carbons (Fsp3) is 0.429. The number of carbonyl (C=O) groups excluding carboxylic acids is 1. The molecule has 1 fully saturated rings. The number of anilines is 1. The maximum absolute atomic E-state index is 14.0. The molecule has 3 aromatic rings. The minimum atomic E-state index is -0.174. The van der Waals surface area contributed by atoms with Crippen LogP contribution >= 0.6 is 0 Å². The van der Waals surface area contributed by atoms with Gasteiger partial charge in [0.15, 0.2) is 0 Å². The van der Waals surface area contributed by atoms with Crippen LogP contribution in [0.3, 0.4) is 0 Å². The monoisotopic (exact) mass is 568 g/mol. The van der Waals surface area contributed by atoms with Crippen molar-refractivity contribution in [3.63, 3.8) is 0 Å². The van der Waals surface area contributed by atoms with E-state index in [0.717, 1.165) is 65.3 Å². The summed E-state index contributed by atoms with van der Waals surface area (Å²) in [6.45, 7) is 8.57. The summed E-state index contributed by atoms with van der Waals surface area (Å²) >= 11 is 0. The molecule has 1 saturated carbocycles. The molecular formula is C35H44N4O3. The molecular weight excluding hydrogens is 524 g/mol. The lowest BCUT2D eigenvalue weighted by Gasteiger charge is -2.37. The molecule has 0 unspecified atom stereocenters. The van der Waals surface area contributed by atoms with Crippen molar-refractivity contribution < 1.29 is 9.53 Å². The van der Waals surface area contributed by atoms with E-state index in [1.807, 2.05) is 45.2 Å². The van der Waals surface area contributed by atoms with E-state index in [-0.39, 0.29) is 18.0 Å². The lowest BCUT2D eigenvalue weighted by atomic mass is 9.90. The smallest absolute Gasteiger partial charge is 0.253 e. The predicted octanol–water partition coefficient (Wildman–Crippen LogP) is 6.13. The van der Waals surface area contributed by atoms with Crippen LogP contribution in [-0.4, -0.2) is 43.7 Å². The van der Waals surface area contributed by atoms with Crippen LogP contribution in [0.2, 0.25) is 0 Å². The Hall–Kier alpha value is -3.84. The summed E-state index contributed by atoms with van der Waals surface area (Å²) < 4.78 is 6.04. The molecule has 2 aliphatic rings. The summed E-state index contributed by atoms with van der Waals surface area (Å²) in [4.78, 5) is 32.0. The van der Waals surface area contributed by atoms with E-state index in [2.05, 4.69) is 51.7 Å². The quantitative estimate of drug-likeness (QED) is 0.242. The summed E-state index contributed by atoms with van der Waals surface area (Å²) in [5, 5.41) is 6.23. The van der Waals surface area contributed by atoms with Crippen molar-refractivity contribution in [3.05, 3.63) is 86.3 Å². The number of aromatic nitrogens is 1. The minimum absolute atomic E-state index is 0.157. The van der Waals surface area contributed by atoms with Crippen molar-refractivity contribution in [1.82, 2.24) is 15.6 Å². The standard InChI is InChI=1S/C35H44N4O3/c1-5-25-17-30-31(34(40)37-21-32-23(2)16-24(3)38-35(32)41)19-27(20-33(30)39(22-25)28-11-6-7-12-28)26-10-8-13-29(18-26)42-15-9-14-36-4/h8,10,13,16-20,28,36H,5-7,9,11-12,14-15,21-22H2,1-4H3,(H,37,40)(H,38,41). The fourth-order valence-corrected chi connectivity index (χ4v) is 6.26. The highest BCUT2D eigenvalue weighted by Gasteiger charge is 2.30. The number of pyridine rings is 1. The number of H-pyrrole nitrogens is 1. The van der Waals surface area contributed by atoms with Crippen molar-refractivity contribution in [2.45, 2.75) is 71.9 Å². The summed E-state index contributed by atoms with van der Waals surface area (Å²) in [5.41, 5.74) is 8.17. The average molecular weight is 569 g/mol. The number of aryl methyl sites for hydroxylation is 2. The van der Waals surface area contributed by atoms with E-state index in [0.29, 0.717) is 23.8 Å². The molecule has 0 radical (unpaired) electrons. The van der Waals surface area contributed by atoms with Crippen molar-refractivity contribution in [3.8, 4) is 16.9 Å². The van der Waals surface area contributed by atoms with E-state index < -0.39 is 0 Å². The van der Waals surface area contributed by atoms with Crippen molar-refractivity contribution in [2.75, 3.05) is 31.6 Å². The number of rotatable bonds is 11. The van der Waals surface area contributed by atoms with Crippen LogP contribution in [-0.2, 0) is 6.54 Å². The molecule has 2 aromatic carbocycles. The molecule has 5 rings (SSSR count). The molecule has 3 N–H and O–H groups in total. The third kappa shape index (κ3) is 6.62. The zero-order chi connectivity index (χ0) is 29.6. The van der Waals surface area contributed by atoms with E-state index >= 15 is 0 Å². The summed E-state index contributed by atoms with van der Waals surface area (Å²) in [5.74, 6) is 0.647. The second-order valence-electron chi connectivity index (χ2n) is 11.6. The second-order valence-corrected chi connectivity index (χ2v) is 11.6. The Bertz CT molecular complexity index is 1520. The van der Waals surface area contributed by atoms with Gasteiger partial charge in [-0.3, -0.25) is 9.59 Å². The van der Waals surface area contributed by atoms with Gasteiger partial charge in [-0.05, 0) is 100 Å². The molecule has 1 aliphatic heterocycles. The lowest BCUT2D eigenvalue weighted by Crippen LogP contribution is -2.38. The van der Waals surface area contributed by atoms with Crippen LogP contribution in [0, 0.1) is 13.8 Å². The van der Waals surface area contributed by atoms with Gasteiger partial charge < -0.3 is 25.3 Å². The minimum Gasteiger partial charge on any atom is -0.494 e. The van der Waals surface area contributed by atoms with E-state index in [4.69, 9.17) is 4.74 Å². The normalized spacial score (nSPS) is 15.0. The molecule has 1 amide bonds. The van der Waals surface area contributed by atoms with Gasteiger partial charge >= 0.3 is 0 Å². The van der Waals surface area contributed by atoms with Crippen LogP contribution in [0.25, 0.3) is 17.2 Å². The van der Waals surface area contributed by atoms with Crippen LogP contribution in [0.1, 0.15) is 78.2 Å². The maximum atomic E-state index is 14.0. The first-order valence-electron chi connectivity index (χ1n) is 15.4. The van der Waals surface area contributed by atoms with Gasteiger partial charge in [0.2, 0.25) is 0 Å². The summed E-state index contributed by atoms with van der Waals surface area (Å²) in [6.07, 6.45) is 8.91. The lowest BCUT2D eigenvalue weighted by molar-refractivity contribution is 0.0950. The second kappa shape index (κ2) is 13.4. The number of nitrogens with zero attached hydrogens (tertiary/aromatic N) is 1. The zero-order valence-electron chi connectivity index (χ0n) is 25.4. The predicted molar refractivity (Wildman–Crippen MR) is 171 cm³/mol. The first kappa shape index (κ1) is 29.6. The number of hydrogen-bond acceptors (Lipinski definition) is 5. The van der Waals surface area contributed by atoms with Gasteiger partial charge in [-0.25, -0.2) is 0 Å². The first-order chi connectivity index (χ1) is 20.4. The number of benzene rings is 2. The Morgan fingerprint density at radius 1 is 1.10 bits per heavy atom. The molecule has 42 heavy (non-hydrogen) atoms. The van der Waals surface area contributed by atoms with E-state index in [9.17, 15) is 9.59 Å². The topological polar surface area (TPSA) is 86.5 Å². The summed E-state index contributed by atoms with van der Waals surface area (Å²) in [6, 6.07) is 14.8. The van der Waals surface area contributed by atoms with Crippen LogP contribution < -0.4 is 25.8 Å². The molecule has 0 bridgehead atoms. The number of fused-ring (bicyclic) bond motifs is 1. The summed E-state index contributed by atoms with van der Waals surface area (Å²) in [7, 11) is 1.94. The van der Waals surface area contributed by atoms with Crippen molar-refractivity contribution in [2.24, 2.45) is 0 Å². The van der Waals surface area contributed by atoms with Gasteiger partial charge in [0.25, 0.3) is 11.5 Å². The number of nitrogens with one attached hydrogen (secondary N) is 3. The largest absolute Gasteiger partial charge is 0.494 e. The van der Waals surface area contributed by atoms with Crippen molar-refractivity contribution in [1.29, 1.82) is 0 Å². The molecule has 2 heterocycles. The van der Waals surface area contributed by atoms with Crippen LogP contribution in [0.4, 0.5) is 5.69 Å². The van der Waals surface area contributed by atoms with Crippen LogP contribution in [0.5, 0.6) is 5.75 Å². The molecule has 0 spiro atoms. The van der Waals surface area contributed by atoms with E-state index in [1.54, 1.807) is 0 Å². The maximum Gasteiger partial charge on any atom is 0.253 e. The number of ether oxygens (including phenoxy) is 1. The Labute approximate surface area is 249 Å². The van der Waals surface area contributed by atoms with Gasteiger partial charge in [0.1, 0.15) is 5.75 Å². The van der Waals surface area contributed by atoms with Gasteiger partial charge in [0.05, 0.1) is 6.61 Å². The zero-order valence-corrected chi connectivity index (χ0v) is 25.4. The molecule has 222 valence electrons. The molecule has 0 atom stereocenters. The molecule has 0 saturated heterocycles. The van der Waals surface area contributed by atoms with Crippen LogP contribution in [0.15, 0.2) is 52.8 Å². The fourth-order valence-electron chi connectivity index (χ4n) is 6.26. The van der Waals surface area contributed by atoms with Gasteiger partial charge in [-0.1, -0.05) is 43.5 Å². The number of carbonyl (C=O) groups is 1. The highest BCUT2D eigenvalue weighted by atomic mass is 16.5. The first-order valence-corrected chi connectivity index (χ1v) is 15.4. The Morgan fingerprint density at radius 3 is 2.64 bits per heavy atom. The highest BCUT2D eigenvalue weighted by Crippen LogP contribution is 2.40. The van der Waals surface area contributed by atoms with Gasteiger partial charge in [0, 0.05) is 47.2 Å². The number of aromatic amines is 1. The average Bonchev–Trinajstić information content (AvgIpc) is 3.53. The third-order valence-corrected chi connectivity index (χ3v) is 8.58. The van der Waals surface area contributed by atoms with Crippen molar-refractivity contribution >= 4 is 17.7 Å². The Morgan fingerprint density at radius 2 is 1.90 bits per heavy atom. The molecule has 1 aliphatic carbocycles. The number of hydrogen-bond donors (Lipinski definition) is 3. The third-order valence-electron chi connectivity index (χ3n) is 8.58.